The first-order chi connectivity index (χ1) is 12.7. The topological polar surface area (TPSA) is 173 Å². The van der Waals surface area contributed by atoms with Gasteiger partial charge < -0.3 is 14.6 Å². The molecule has 3 rings (SSSR count). The van der Waals surface area contributed by atoms with Gasteiger partial charge in [-0.05, 0) is 12.1 Å². The summed E-state index contributed by atoms with van der Waals surface area (Å²) in [7, 11) is -4.32. The second kappa shape index (κ2) is 7.27. The van der Waals surface area contributed by atoms with Crippen LogP contribution in [0.1, 0.15) is 29.0 Å². The third-order valence-electron chi connectivity index (χ3n) is 3.43. The van der Waals surface area contributed by atoms with Gasteiger partial charge in [0.15, 0.2) is 5.82 Å². The Balaban J connectivity index is 1.69. The van der Waals surface area contributed by atoms with E-state index in [1.54, 1.807) is 0 Å². The van der Waals surface area contributed by atoms with Crippen molar-refractivity contribution < 1.29 is 33.6 Å². The number of aromatic nitrogens is 4. The van der Waals surface area contributed by atoms with Crippen molar-refractivity contribution >= 4 is 25.4 Å². The molecule has 1 aromatic carbocycles. The molecule has 0 spiro atoms. The first-order valence-corrected chi connectivity index (χ1v) is 9.32. The van der Waals surface area contributed by atoms with E-state index in [1.807, 2.05) is 0 Å². The number of imide groups is 1. The van der Waals surface area contributed by atoms with Gasteiger partial charge >= 0.3 is 13.6 Å². The van der Waals surface area contributed by atoms with Crippen molar-refractivity contribution in [1.29, 1.82) is 0 Å². The van der Waals surface area contributed by atoms with Crippen molar-refractivity contribution in [2.24, 2.45) is 0 Å². The maximum Gasteiger partial charge on any atom is 0.363 e. The summed E-state index contributed by atoms with van der Waals surface area (Å²) in [5, 5.41) is 15.1. The molecule has 1 aromatic heterocycles. The van der Waals surface area contributed by atoms with Crippen LogP contribution in [0.5, 0.6) is 0 Å². The maximum absolute atomic E-state index is 12.0. The number of nitrogens with zero attached hydrogens (tertiary/aromatic N) is 5. The molecule has 0 aliphatic carbocycles. The molecule has 0 radical (unpaired) electrons. The monoisotopic (exact) mass is 393 g/mol. The number of hydrogen-bond acceptors (Lipinski definition) is 9. The molecule has 27 heavy (non-hydrogen) atoms. The predicted molar refractivity (Wildman–Crippen MR) is 85.3 cm³/mol. The summed E-state index contributed by atoms with van der Waals surface area (Å²) in [6, 6.07) is 5.67. The van der Waals surface area contributed by atoms with Crippen LogP contribution in [0.2, 0.25) is 0 Å². The smallest absolute Gasteiger partial charge is 0.325 e. The molecule has 0 atom stereocenters. The lowest BCUT2D eigenvalue weighted by molar-refractivity contribution is -0.172. The zero-order chi connectivity index (χ0) is 19.6. The highest BCUT2D eigenvalue weighted by Gasteiger charge is 2.33. The van der Waals surface area contributed by atoms with Crippen LogP contribution in [0.4, 0.5) is 0 Å². The Morgan fingerprint density at radius 1 is 1.04 bits per heavy atom. The molecule has 1 aliphatic rings. The summed E-state index contributed by atoms with van der Waals surface area (Å²) in [6.45, 7) is 0. The Morgan fingerprint density at radius 3 is 2.11 bits per heavy atom. The second-order valence-electron chi connectivity index (χ2n) is 5.50. The minimum atomic E-state index is -4.32. The van der Waals surface area contributed by atoms with Crippen LogP contribution in [0, 0.1) is 0 Å². The van der Waals surface area contributed by atoms with E-state index in [0.717, 1.165) is 0 Å². The minimum Gasteiger partial charge on any atom is -0.325 e. The highest BCUT2D eigenvalue weighted by atomic mass is 31.2. The molecular formula is C14H12N5O7P. The van der Waals surface area contributed by atoms with E-state index >= 15 is 0 Å². The summed E-state index contributed by atoms with van der Waals surface area (Å²) >= 11 is 0. The van der Waals surface area contributed by atoms with Crippen LogP contribution in [0.25, 0.3) is 11.4 Å². The largest absolute Gasteiger partial charge is 0.363 e. The van der Waals surface area contributed by atoms with Gasteiger partial charge in [0.1, 0.15) is 6.16 Å². The van der Waals surface area contributed by atoms with E-state index in [9.17, 15) is 18.9 Å². The maximum atomic E-state index is 12.0. The minimum absolute atomic E-state index is 0.000400. The Bertz CT molecular complexity index is 925. The molecule has 12 nitrogen and oxygen atoms in total. The van der Waals surface area contributed by atoms with Crippen LogP contribution in [-0.4, -0.2) is 53.0 Å². The third kappa shape index (κ3) is 4.56. The lowest BCUT2D eigenvalue weighted by Gasteiger charge is -2.12. The molecule has 140 valence electrons. The summed E-state index contributed by atoms with van der Waals surface area (Å²) < 4.78 is 10.9. The average molecular weight is 393 g/mol. The van der Waals surface area contributed by atoms with Gasteiger partial charge in [-0.15, -0.1) is 25.5 Å². The number of rotatable bonds is 5. The summed E-state index contributed by atoms with van der Waals surface area (Å²) in [6.07, 6.45) is -0.674. The number of hydrogen-bond donors (Lipinski definition) is 2. The first kappa shape index (κ1) is 18.7. The predicted octanol–water partition coefficient (Wildman–Crippen LogP) is -0.168. The van der Waals surface area contributed by atoms with E-state index in [0.29, 0.717) is 10.6 Å². The van der Waals surface area contributed by atoms with E-state index in [-0.39, 0.29) is 30.1 Å². The lowest BCUT2D eigenvalue weighted by atomic mass is 10.1. The molecule has 1 fully saturated rings. The fourth-order valence-corrected chi connectivity index (χ4v) is 2.66. The van der Waals surface area contributed by atoms with E-state index in [2.05, 4.69) is 20.4 Å². The Morgan fingerprint density at radius 2 is 1.59 bits per heavy atom. The van der Waals surface area contributed by atoms with Crippen molar-refractivity contribution in [2.45, 2.75) is 19.0 Å². The molecular weight excluding hydrogens is 381 g/mol. The molecule has 0 unspecified atom stereocenters. The zero-order valence-corrected chi connectivity index (χ0v) is 14.4. The molecule has 2 aromatic rings. The zero-order valence-electron chi connectivity index (χ0n) is 13.5. The highest BCUT2D eigenvalue weighted by Crippen LogP contribution is 2.37. The molecule has 13 heteroatoms. The van der Waals surface area contributed by atoms with Crippen molar-refractivity contribution in [1.82, 2.24) is 25.5 Å². The van der Waals surface area contributed by atoms with Crippen LogP contribution < -0.4 is 0 Å². The molecule has 1 saturated heterocycles. The fourth-order valence-electron chi connectivity index (χ4n) is 2.16. The quantitative estimate of drug-likeness (QED) is 0.510. The summed E-state index contributed by atoms with van der Waals surface area (Å²) in [5.41, 5.74) is 0.521. The number of hydroxylamine groups is 2. The van der Waals surface area contributed by atoms with Crippen molar-refractivity contribution in [3.63, 3.8) is 0 Å². The number of benzene rings is 1. The van der Waals surface area contributed by atoms with Gasteiger partial charge in [0.05, 0.1) is 5.56 Å². The highest BCUT2D eigenvalue weighted by molar-refractivity contribution is 7.50. The molecule has 0 saturated carbocycles. The third-order valence-corrected chi connectivity index (χ3v) is 4.12. The fraction of sp³-hybridized carbons (Fsp3) is 0.214. The van der Waals surface area contributed by atoms with Crippen molar-refractivity contribution in [3.8, 4) is 11.4 Å². The molecule has 0 bridgehead atoms. The van der Waals surface area contributed by atoms with Gasteiger partial charge in [0.2, 0.25) is 5.82 Å². The van der Waals surface area contributed by atoms with E-state index < -0.39 is 31.5 Å². The standard InChI is InChI=1S/C14H12N5O7P/c20-11-5-6-12(21)19(11)26-14(22)9-3-1-8(2-4-9)13-17-15-10(16-18-13)7-27(23,24)25/h1-4H,5-7H2,(H2,23,24,25). The second-order valence-corrected chi connectivity index (χ2v) is 7.15. The van der Waals surface area contributed by atoms with E-state index in [4.69, 9.17) is 14.6 Å². The van der Waals surface area contributed by atoms with Gasteiger partial charge in [0, 0.05) is 18.4 Å². The number of amides is 2. The molecule has 2 N–H and O–H groups in total. The molecule has 2 amide bonds. The van der Waals surface area contributed by atoms with Crippen LogP contribution in [0.15, 0.2) is 24.3 Å². The molecule has 2 heterocycles. The Hall–Kier alpha value is -3.08. The van der Waals surface area contributed by atoms with Gasteiger partial charge in [-0.3, -0.25) is 14.2 Å². The Kier molecular flexibility index (Phi) is 5.04. The van der Waals surface area contributed by atoms with Crippen molar-refractivity contribution in [3.05, 3.63) is 35.7 Å². The lowest BCUT2D eigenvalue weighted by Crippen LogP contribution is -2.32. The van der Waals surface area contributed by atoms with Gasteiger partial charge in [0.25, 0.3) is 11.8 Å². The van der Waals surface area contributed by atoms with Gasteiger partial charge in [-0.1, -0.05) is 12.1 Å². The van der Waals surface area contributed by atoms with E-state index in [1.165, 1.54) is 24.3 Å². The van der Waals surface area contributed by atoms with Crippen molar-refractivity contribution in [2.75, 3.05) is 0 Å². The number of carbonyl (C=O) groups is 3. The average Bonchev–Trinajstić information content (AvgIpc) is 2.93. The molecule has 1 aliphatic heterocycles. The van der Waals surface area contributed by atoms with Crippen LogP contribution in [0.3, 0.4) is 0 Å². The number of carbonyl (C=O) groups excluding carboxylic acids is 3. The summed E-state index contributed by atoms with van der Waals surface area (Å²) in [5.74, 6) is -2.15. The van der Waals surface area contributed by atoms with Crippen LogP contribution >= 0.6 is 7.60 Å². The SMILES string of the molecule is O=C(ON1C(=O)CCC1=O)c1ccc(-c2nnc(CP(=O)(O)O)nn2)cc1. The van der Waals surface area contributed by atoms with Gasteiger partial charge in [-0.2, -0.15) is 0 Å². The van der Waals surface area contributed by atoms with Gasteiger partial charge in [-0.25, -0.2) is 4.79 Å². The normalized spacial score (nSPS) is 14.5. The van der Waals surface area contributed by atoms with Crippen LogP contribution in [-0.2, 0) is 25.2 Å². The summed E-state index contributed by atoms with van der Waals surface area (Å²) in [4.78, 5) is 57.4. The Labute approximate surface area is 151 Å². The first-order valence-electron chi connectivity index (χ1n) is 7.52.